The van der Waals surface area contributed by atoms with E-state index < -0.39 is 11.7 Å². The molecule has 3 aromatic heterocycles. The molecule has 9 heteroatoms. The van der Waals surface area contributed by atoms with Crippen LogP contribution >= 0.6 is 0 Å². The Kier molecular flexibility index (Phi) is 4.67. The van der Waals surface area contributed by atoms with E-state index in [-0.39, 0.29) is 18.4 Å². The molecular weight excluding hydrogens is 431 g/mol. The third-order valence-electron chi connectivity index (χ3n) is 6.57. The predicted molar refractivity (Wildman–Crippen MR) is 114 cm³/mol. The highest BCUT2D eigenvalue weighted by atomic mass is 19.4. The topological polar surface area (TPSA) is 65.7 Å². The van der Waals surface area contributed by atoms with Crippen LogP contribution in [0, 0.1) is 6.92 Å². The molecule has 1 aliphatic heterocycles. The summed E-state index contributed by atoms with van der Waals surface area (Å²) < 4.78 is 47.1. The number of halogens is 3. The highest BCUT2D eigenvalue weighted by Gasteiger charge is 2.39. The van der Waals surface area contributed by atoms with Gasteiger partial charge in [0.2, 0.25) is 0 Å². The molecule has 33 heavy (non-hydrogen) atoms. The summed E-state index contributed by atoms with van der Waals surface area (Å²) >= 11 is 0. The lowest BCUT2D eigenvalue weighted by Gasteiger charge is -2.29. The highest BCUT2D eigenvalue weighted by Crippen LogP contribution is 2.42. The molecular formula is C24H22F3N5O. The fourth-order valence-corrected chi connectivity index (χ4v) is 4.56. The van der Waals surface area contributed by atoms with Gasteiger partial charge in [0, 0.05) is 48.2 Å². The van der Waals surface area contributed by atoms with E-state index in [1.807, 2.05) is 23.9 Å². The zero-order valence-corrected chi connectivity index (χ0v) is 18.1. The number of hydrogen-bond donors (Lipinski definition) is 0. The smallest absolute Gasteiger partial charge is 0.373 e. The van der Waals surface area contributed by atoms with Crippen molar-refractivity contribution in [2.75, 3.05) is 6.61 Å². The number of fused-ring (bicyclic) bond motifs is 1. The molecule has 3 aliphatic rings. The largest absolute Gasteiger partial charge is 0.420 e. The Morgan fingerprint density at radius 3 is 2.73 bits per heavy atom. The van der Waals surface area contributed by atoms with Crippen molar-refractivity contribution in [2.45, 2.75) is 63.3 Å². The van der Waals surface area contributed by atoms with Crippen molar-refractivity contribution < 1.29 is 17.9 Å². The number of nitrogens with zero attached hydrogens (tertiary/aromatic N) is 5. The van der Waals surface area contributed by atoms with Crippen LogP contribution in [0.25, 0.3) is 16.6 Å². The standard InChI is InChI=1S/C24H22F3N5O/c1-13-10-28-23-20(30-13)9-19(31-22(23)15-6-17(7-15)24(25,26)27)14-4-5-33-21(8-14)16-11-29-32(12-16)18-2-3-18/h9-12,14,18,21H,2-6,8H2,1H3. The summed E-state index contributed by atoms with van der Waals surface area (Å²) in [7, 11) is 0. The van der Waals surface area contributed by atoms with Crippen molar-refractivity contribution in [3.63, 3.8) is 0 Å². The molecule has 0 N–H and O–H groups in total. The minimum Gasteiger partial charge on any atom is -0.373 e. The molecule has 1 saturated carbocycles. The number of pyridine rings is 1. The maximum Gasteiger partial charge on any atom is 0.420 e. The number of aromatic nitrogens is 5. The van der Waals surface area contributed by atoms with E-state index in [1.54, 1.807) is 6.20 Å². The summed E-state index contributed by atoms with van der Waals surface area (Å²) in [5.74, 6) is 0.102. The summed E-state index contributed by atoms with van der Waals surface area (Å²) in [6, 6.07) is 2.43. The number of hydrogen-bond acceptors (Lipinski definition) is 5. The second-order valence-electron chi connectivity index (χ2n) is 9.10. The van der Waals surface area contributed by atoms with Crippen LogP contribution in [0.15, 0.2) is 36.0 Å². The number of alkyl halides is 3. The van der Waals surface area contributed by atoms with E-state index in [4.69, 9.17) is 9.72 Å². The van der Waals surface area contributed by atoms with Crippen molar-refractivity contribution in [3.8, 4) is 0 Å². The molecule has 6 nitrogen and oxygen atoms in total. The van der Waals surface area contributed by atoms with Gasteiger partial charge in [0.1, 0.15) is 11.2 Å². The first-order valence-corrected chi connectivity index (χ1v) is 11.2. The third kappa shape index (κ3) is 3.85. The zero-order chi connectivity index (χ0) is 22.7. The van der Waals surface area contributed by atoms with Crippen LogP contribution in [0.2, 0.25) is 0 Å². The molecule has 2 aliphatic carbocycles. The lowest BCUT2D eigenvalue weighted by atomic mass is 9.88. The lowest BCUT2D eigenvalue weighted by Crippen LogP contribution is -2.20. The third-order valence-corrected chi connectivity index (χ3v) is 6.57. The normalized spacial score (nSPS) is 23.3. The second-order valence-corrected chi connectivity index (χ2v) is 9.10. The van der Waals surface area contributed by atoms with E-state index in [0.29, 0.717) is 34.9 Å². The van der Waals surface area contributed by atoms with Gasteiger partial charge < -0.3 is 4.74 Å². The molecule has 1 saturated heterocycles. The quantitative estimate of drug-likeness (QED) is 0.497. The van der Waals surface area contributed by atoms with Gasteiger partial charge in [-0.25, -0.2) is 9.97 Å². The Balaban J connectivity index is 1.36. The molecule has 3 aromatic rings. The molecule has 2 fully saturated rings. The zero-order valence-electron chi connectivity index (χ0n) is 18.1. The van der Waals surface area contributed by atoms with Crippen LogP contribution in [0.4, 0.5) is 13.2 Å². The average Bonchev–Trinajstić information content (AvgIpc) is 3.48. The maximum absolute atomic E-state index is 13.0. The van der Waals surface area contributed by atoms with Gasteiger partial charge in [-0.1, -0.05) is 0 Å². The molecule has 0 spiro atoms. The monoisotopic (exact) mass is 453 g/mol. The van der Waals surface area contributed by atoms with Gasteiger partial charge in [0.25, 0.3) is 0 Å². The second kappa shape index (κ2) is 7.50. The van der Waals surface area contributed by atoms with Crippen LogP contribution in [-0.2, 0) is 4.74 Å². The molecule has 0 amide bonds. The van der Waals surface area contributed by atoms with Crippen LogP contribution in [-0.4, -0.2) is 37.5 Å². The Morgan fingerprint density at radius 1 is 1.15 bits per heavy atom. The molecule has 6 rings (SSSR count). The molecule has 0 bridgehead atoms. The van der Waals surface area contributed by atoms with Crippen LogP contribution in [0.1, 0.15) is 72.8 Å². The summed E-state index contributed by atoms with van der Waals surface area (Å²) in [4.78, 5) is 13.8. The first-order valence-electron chi connectivity index (χ1n) is 11.2. The Morgan fingerprint density at radius 2 is 1.97 bits per heavy atom. The summed E-state index contributed by atoms with van der Waals surface area (Å²) in [6.45, 7) is 2.43. The van der Waals surface area contributed by atoms with Crippen molar-refractivity contribution >= 4 is 16.6 Å². The SMILES string of the molecule is Cc1cnc2c(C3=C=C(C(F)(F)F)C3)nc(C3CCOC(c4cnn(C5CC5)c4)C3)cc2n1. The van der Waals surface area contributed by atoms with Gasteiger partial charge >= 0.3 is 6.18 Å². The van der Waals surface area contributed by atoms with Gasteiger partial charge in [-0.3, -0.25) is 9.67 Å². The van der Waals surface area contributed by atoms with Crippen LogP contribution in [0.5, 0.6) is 0 Å². The van der Waals surface area contributed by atoms with Crippen LogP contribution < -0.4 is 0 Å². The fourth-order valence-electron chi connectivity index (χ4n) is 4.56. The van der Waals surface area contributed by atoms with E-state index in [1.165, 1.54) is 12.8 Å². The van der Waals surface area contributed by atoms with E-state index >= 15 is 0 Å². The van der Waals surface area contributed by atoms with Crippen LogP contribution in [0.3, 0.4) is 0 Å². The van der Waals surface area contributed by atoms with E-state index in [0.717, 1.165) is 29.8 Å². The predicted octanol–water partition coefficient (Wildman–Crippen LogP) is 5.37. The lowest BCUT2D eigenvalue weighted by molar-refractivity contribution is -0.0934. The minimum atomic E-state index is -4.36. The number of allylic oxidation sites excluding steroid dienone is 1. The molecule has 2 atom stereocenters. The molecule has 2 unspecified atom stereocenters. The Hall–Kier alpha value is -3.03. The van der Waals surface area contributed by atoms with E-state index in [2.05, 4.69) is 27.0 Å². The van der Waals surface area contributed by atoms with Crippen molar-refractivity contribution in [1.82, 2.24) is 24.7 Å². The average molecular weight is 453 g/mol. The Bertz CT molecular complexity index is 1320. The summed E-state index contributed by atoms with van der Waals surface area (Å²) in [6.07, 6.45) is 4.76. The Labute approximate surface area is 188 Å². The summed E-state index contributed by atoms with van der Waals surface area (Å²) in [5, 5.41) is 4.48. The first-order chi connectivity index (χ1) is 15.8. The van der Waals surface area contributed by atoms with Gasteiger partial charge in [-0.05, 0) is 38.7 Å². The summed E-state index contributed by atoms with van der Waals surface area (Å²) in [5.41, 5.74) is 6.48. The minimum absolute atomic E-state index is 0.0829. The highest BCUT2D eigenvalue weighted by molar-refractivity contribution is 5.89. The van der Waals surface area contributed by atoms with Crippen molar-refractivity contribution in [1.29, 1.82) is 0 Å². The molecule has 0 radical (unpaired) electrons. The van der Waals surface area contributed by atoms with Crippen molar-refractivity contribution in [2.24, 2.45) is 0 Å². The molecule has 170 valence electrons. The molecule has 0 aromatic carbocycles. The number of ether oxygens (including phenoxy) is 1. The van der Waals surface area contributed by atoms with Gasteiger partial charge in [-0.2, -0.15) is 18.3 Å². The van der Waals surface area contributed by atoms with Gasteiger partial charge in [0.05, 0.1) is 35.1 Å². The first kappa shape index (κ1) is 20.6. The molecule has 4 heterocycles. The maximum atomic E-state index is 13.0. The van der Waals surface area contributed by atoms with E-state index in [9.17, 15) is 13.2 Å². The number of rotatable bonds is 4. The van der Waals surface area contributed by atoms with Gasteiger partial charge in [-0.15, -0.1) is 5.73 Å². The fraction of sp³-hybridized carbons (Fsp3) is 0.458. The number of aryl methyl sites for hydroxylation is 1. The van der Waals surface area contributed by atoms with Gasteiger partial charge in [0.15, 0.2) is 0 Å². The van der Waals surface area contributed by atoms with Crippen molar-refractivity contribution in [3.05, 3.63) is 58.6 Å².